The quantitative estimate of drug-likeness (QED) is 0.618. The van der Waals surface area contributed by atoms with Crippen LogP contribution in [0.3, 0.4) is 0 Å². The van der Waals surface area contributed by atoms with E-state index in [-0.39, 0.29) is 12.3 Å². The fourth-order valence-electron chi connectivity index (χ4n) is 2.69. The number of benzene rings is 2. The lowest BCUT2D eigenvalue weighted by Crippen LogP contribution is -2.17. The van der Waals surface area contributed by atoms with Crippen molar-refractivity contribution in [2.24, 2.45) is 0 Å². The Labute approximate surface area is 164 Å². The van der Waals surface area contributed by atoms with Gasteiger partial charge < -0.3 is 9.88 Å². The second-order valence-electron chi connectivity index (χ2n) is 6.51. The normalized spacial score (nSPS) is 10.8. The van der Waals surface area contributed by atoms with Gasteiger partial charge in [-0.1, -0.05) is 59.3 Å². The first kappa shape index (κ1) is 19.2. The van der Waals surface area contributed by atoms with E-state index in [1.165, 1.54) is 11.1 Å². The summed E-state index contributed by atoms with van der Waals surface area (Å²) in [5.74, 6) is 1.43. The molecule has 0 unspecified atom stereocenters. The molecule has 6 heteroatoms. The van der Waals surface area contributed by atoms with Crippen molar-refractivity contribution in [2.45, 2.75) is 44.6 Å². The first-order valence-corrected chi connectivity index (χ1v) is 10.0. The Kier molecular flexibility index (Phi) is 6.29. The van der Waals surface area contributed by atoms with Crippen molar-refractivity contribution >= 4 is 23.4 Å². The van der Waals surface area contributed by atoms with Crippen molar-refractivity contribution in [2.75, 3.05) is 5.32 Å². The summed E-state index contributed by atoms with van der Waals surface area (Å²) in [6.45, 7) is 6.88. The van der Waals surface area contributed by atoms with Crippen LogP contribution in [-0.4, -0.2) is 20.7 Å². The van der Waals surface area contributed by atoms with Gasteiger partial charge in [0.05, 0.1) is 6.42 Å². The van der Waals surface area contributed by atoms with Crippen molar-refractivity contribution in [3.8, 4) is 0 Å². The Morgan fingerprint density at radius 2 is 1.63 bits per heavy atom. The van der Waals surface area contributed by atoms with Gasteiger partial charge in [-0.2, -0.15) is 0 Å². The minimum atomic E-state index is -0.0870. The molecule has 0 aliphatic carbocycles. The van der Waals surface area contributed by atoms with Gasteiger partial charge in [-0.15, -0.1) is 10.2 Å². The van der Waals surface area contributed by atoms with Crippen LogP contribution in [0.4, 0.5) is 5.69 Å². The average molecular weight is 381 g/mol. The van der Waals surface area contributed by atoms with E-state index in [0.717, 1.165) is 28.7 Å². The molecule has 0 aliphatic heterocycles. The average Bonchev–Trinajstić information content (AvgIpc) is 3.04. The highest BCUT2D eigenvalue weighted by Crippen LogP contribution is 2.22. The van der Waals surface area contributed by atoms with Gasteiger partial charge in [-0.05, 0) is 38.5 Å². The maximum atomic E-state index is 12.4. The Morgan fingerprint density at radius 3 is 2.26 bits per heavy atom. The summed E-state index contributed by atoms with van der Waals surface area (Å²) >= 11 is 1.64. The number of carbonyl (C=O) groups excluding carboxylic acids is 1. The van der Waals surface area contributed by atoms with Crippen molar-refractivity contribution < 1.29 is 4.79 Å². The van der Waals surface area contributed by atoms with Gasteiger partial charge in [-0.25, -0.2) is 0 Å². The Morgan fingerprint density at radius 1 is 1.00 bits per heavy atom. The van der Waals surface area contributed by atoms with Crippen LogP contribution >= 0.6 is 11.8 Å². The number of nitrogens with one attached hydrogen (secondary N) is 1. The molecule has 3 rings (SSSR count). The third-order valence-corrected chi connectivity index (χ3v) is 5.29. The van der Waals surface area contributed by atoms with Crippen LogP contribution < -0.4 is 5.32 Å². The highest BCUT2D eigenvalue weighted by molar-refractivity contribution is 7.98. The van der Waals surface area contributed by atoms with Gasteiger partial charge in [0.15, 0.2) is 5.16 Å². The van der Waals surface area contributed by atoms with Crippen LogP contribution in [-0.2, 0) is 23.5 Å². The number of nitrogens with zero attached hydrogens (tertiary/aromatic N) is 3. The molecule has 2 aromatic carbocycles. The van der Waals surface area contributed by atoms with E-state index in [4.69, 9.17) is 0 Å². The number of hydrogen-bond acceptors (Lipinski definition) is 4. The van der Waals surface area contributed by atoms with Gasteiger partial charge in [0.25, 0.3) is 0 Å². The van der Waals surface area contributed by atoms with E-state index >= 15 is 0 Å². The molecule has 5 nitrogen and oxygen atoms in total. The number of amides is 1. The lowest BCUT2D eigenvalue weighted by Gasteiger charge is -2.08. The fourth-order valence-corrected chi connectivity index (χ4v) is 3.67. The van der Waals surface area contributed by atoms with Crippen molar-refractivity contribution in [1.29, 1.82) is 0 Å². The molecule has 1 amide bonds. The molecular formula is C21H24N4OS. The first-order chi connectivity index (χ1) is 13.0. The summed E-state index contributed by atoms with van der Waals surface area (Å²) in [4.78, 5) is 12.4. The van der Waals surface area contributed by atoms with Crippen LogP contribution in [0, 0.1) is 13.8 Å². The Balaban J connectivity index is 1.63. The smallest absolute Gasteiger partial charge is 0.232 e. The molecule has 0 radical (unpaired) electrons. The van der Waals surface area contributed by atoms with Gasteiger partial charge in [-0.3, -0.25) is 4.79 Å². The molecular weight excluding hydrogens is 356 g/mol. The largest absolute Gasteiger partial charge is 0.326 e. The van der Waals surface area contributed by atoms with E-state index in [0.29, 0.717) is 5.82 Å². The minimum absolute atomic E-state index is 0.0870. The van der Waals surface area contributed by atoms with Crippen LogP contribution in [0.2, 0.25) is 0 Å². The molecule has 1 N–H and O–H groups in total. The highest BCUT2D eigenvalue weighted by atomic mass is 32.2. The molecule has 27 heavy (non-hydrogen) atoms. The van der Waals surface area contributed by atoms with Crippen molar-refractivity contribution in [1.82, 2.24) is 14.8 Å². The lowest BCUT2D eigenvalue weighted by molar-refractivity contribution is -0.115. The molecule has 1 heterocycles. The molecule has 0 saturated carbocycles. The second-order valence-corrected chi connectivity index (χ2v) is 7.45. The number of thioether (sulfide) groups is 1. The van der Waals surface area contributed by atoms with E-state index < -0.39 is 0 Å². The monoisotopic (exact) mass is 380 g/mol. The maximum Gasteiger partial charge on any atom is 0.232 e. The number of anilines is 1. The van der Waals surface area contributed by atoms with Gasteiger partial charge in [0, 0.05) is 18.0 Å². The molecule has 0 aliphatic rings. The molecule has 0 atom stereocenters. The molecule has 1 aromatic heterocycles. The summed E-state index contributed by atoms with van der Waals surface area (Å²) in [6, 6.07) is 16.2. The highest BCUT2D eigenvalue weighted by Gasteiger charge is 2.15. The van der Waals surface area contributed by atoms with Gasteiger partial charge in [0.2, 0.25) is 5.91 Å². The van der Waals surface area contributed by atoms with Crippen molar-refractivity contribution in [3.05, 3.63) is 71.0 Å². The SMILES string of the molecule is CCn1c(CC(=O)Nc2ccc(C)cc2)nnc1SCc1ccc(C)cc1. The van der Waals surface area contributed by atoms with Crippen LogP contribution in [0.25, 0.3) is 0 Å². The number of hydrogen-bond donors (Lipinski definition) is 1. The van der Waals surface area contributed by atoms with E-state index in [1.807, 2.05) is 42.7 Å². The third kappa shape index (κ3) is 5.20. The first-order valence-electron chi connectivity index (χ1n) is 9.02. The molecule has 0 spiro atoms. The third-order valence-electron chi connectivity index (χ3n) is 4.25. The molecule has 3 aromatic rings. The Hall–Kier alpha value is -2.60. The van der Waals surface area contributed by atoms with Crippen LogP contribution in [0.5, 0.6) is 0 Å². The lowest BCUT2D eigenvalue weighted by atomic mass is 10.2. The summed E-state index contributed by atoms with van der Waals surface area (Å²) in [5.41, 5.74) is 4.45. The van der Waals surface area contributed by atoms with E-state index in [9.17, 15) is 4.79 Å². The summed E-state index contributed by atoms with van der Waals surface area (Å²) in [7, 11) is 0. The zero-order valence-corrected chi connectivity index (χ0v) is 16.7. The zero-order chi connectivity index (χ0) is 19.2. The summed E-state index contributed by atoms with van der Waals surface area (Å²) in [5, 5.41) is 12.3. The molecule has 0 saturated heterocycles. The number of aryl methyl sites for hydroxylation is 2. The molecule has 0 fully saturated rings. The summed E-state index contributed by atoms with van der Waals surface area (Å²) in [6.07, 6.45) is 0.208. The Bertz CT molecular complexity index is 901. The standard InChI is InChI=1S/C21H24N4OS/c1-4-25-19(13-20(26)22-18-11-7-16(3)8-12-18)23-24-21(25)27-14-17-9-5-15(2)6-10-17/h5-12H,4,13-14H2,1-3H3,(H,22,26). The van der Waals surface area contributed by atoms with E-state index in [2.05, 4.69) is 46.7 Å². The predicted molar refractivity (Wildman–Crippen MR) is 110 cm³/mol. The van der Waals surface area contributed by atoms with Crippen LogP contribution in [0.15, 0.2) is 53.7 Å². The molecule has 140 valence electrons. The van der Waals surface area contributed by atoms with Crippen molar-refractivity contribution in [3.63, 3.8) is 0 Å². The zero-order valence-electron chi connectivity index (χ0n) is 15.9. The predicted octanol–water partition coefficient (Wildman–Crippen LogP) is 4.39. The maximum absolute atomic E-state index is 12.4. The van der Waals surface area contributed by atoms with Crippen LogP contribution in [0.1, 0.15) is 29.4 Å². The number of carbonyl (C=O) groups is 1. The minimum Gasteiger partial charge on any atom is -0.326 e. The fraction of sp³-hybridized carbons (Fsp3) is 0.286. The summed E-state index contributed by atoms with van der Waals surface area (Å²) < 4.78 is 2.01. The number of rotatable bonds is 7. The molecule has 0 bridgehead atoms. The van der Waals surface area contributed by atoms with Gasteiger partial charge in [0.1, 0.15) is 5.82 Å². The number of aromatic nitrogens is 3. The topological polar surface area (TPSA) is 59.8 Å². The van der Waals surface area contributed by atoms with E-state index in [1.54, 1.807) is 11.8 Å². The second kappa shape index (κ2) is 8.86. The van der Waals surface area contributed by atoms with Gasteiger partial charge >= 0.3 is 0 Å².